The molecule has 1 aromatic heterocycles. The van der Waals surface area contributed by atoms with Crippen molar-refractivity contribution < 1.29 is 0 Å². The highest BCUT2D eigenvalue weighted by atomic mass is 15.1. The van der Waals surface area contributed by atoms with Gasteiger partial charge < -0.3 is 14.8 Å². The molecular formula is C40H41N5. The van der Waals surface area contributed by atoms with Gasteiger partial charge in [0, 0.05) is 59.9 Å². The molecule has 0 saturated heterocycles. The number of aliphatic imine (C=N–C) groups is 2. The first-order valence-electron chi connectivity index (χ1n) is 16.1. The molecule has 0 spiro atoms. The lowest BCUT2D eigenvalue weighted by Gasteiger charge is -2.21. The molecule has 0 atom stereocenters. The molecule has 1 N–H and O–H groups in total. The van der Waals surface area contributed by atoms with Crippen LogP contribution in [-0.2, 0) is 0 Å². The SMILES string of the molecule is CCN(CC)c1ccc(C2=N/C(=N\c3[nH]c(-c4ccc(N(CC)CC)cc4)cc3-c3ccccc3)C(c3ccccc3)=C2)cc1. The van der Waals surface area contributed by atoms with E-state index in [1.54, 1.807) is 0 Å². The third-order valence-corrected chi connectivity index (χ3v) is 8.53. The van der Waals surface area contributed by atoms with E-state index in [-0.39, 0.29) is 0 Å². The summed E-state index contributed by atoms with van der Waals surface area (Å²) in [6.07, 6.45) is 2.17. The first-order chi connectivity index (χ1) is 22.1. The number of amidine groups is 1. The number of nitrogens with one attached hydrogen (secondary N) is 1. The number of hydrogen-bond donors (Lipinski definition) is 1. The van der Waals surface area contributed by atoms with E-state index < -0.39 is 0 Å². The van der Waals surface area contributed by atoms with Crippen LogP contribution in [0.1, 0.15) is 38.8 Å². The fraction of sp³-hybridized carbons (Fsp3) is 0.200. The quantitative estimate of drug-likeness (QED) is 0.166. The van der Waals surface area contributed by atoms with Crippen molar-refractivity contribution in [2.45, 2.75) is 27.7 Å². The Balaban J connectivity index is 1.43. The standard InChI is InChI=1S/C40H41N5/c1-5-44(6-2)33-23-19-31(20-24-33)37-27-35(29-15-11-9-12-16-29)39(41-37)43-40-36(30-17-13-10-14-18-30)28-38(42-40)32-21-25-34(26-22-32)45(7-3)8-4/h9-28,41H,5-8H2,1-4H3/b43-40-. The molecule has 5 heteroatoms. The second-order valence-corrected chi connectivity index (χ2v) is 11.1. The van der Waals surface area contributed by atoms with Crippen LogP contribution in [0.5, 0.6) is 0 Å². The van der Waals surface area contributed by atoms with Crippen LogP contribution in [0.3, 0.4) is 0 Å². The average molecular weight is 592 g/mol. The number of aromatic amines is 1. The summed E-state index contributed by atoms with van der Waals surface area (Å²) in [5.41, 5.74) is 10.9. The van der Waals surface area contributed by atoms with E-state index in [0.717, 1.165) is 76.8 Å². The number of H-pyrrole nitrogens is 1. The molecule has 0 saturated carbocycles. The third-order valence-electron chi connectivity index (χ3n) is 8.53. The van der Waals surface area contributed by atoms with Crippen LogP contribution in [0.15, 0.2) is 131 Å². The molecule has 0 radical (unpaired) electrons. The zero-order chi connectivity index (χ0) is 31.2. The van der Waals surface area contributed by atoms with Gasteiger partial charge in [-0.15, -0.1) is 0 Å². The molecule has 4 aromatic carbocycles. The van der Waals surface area contributed by atoms with Crippen molar-refractivity contribution in [1.29, 1.82) is 0 Å². The van der Waals surface area contributed by atoms with Gasteiger partial charge in [0.05, 0.1) is 5.71 Å². The molecule has 6 rings (SSSR count). The molecule has 5 aromatic rings. The monoisotopic (exact) mass is 591 g/mol. The minimum Gasteiger partial charge on any atom is -0.372 e. The third kappa shape index (κ3) is 6.39. The average Bonchev–Trinajstić information content (AvgIpc) is 3.72. The van der Waals surface area contributed by atoms with Crippen LogP contribution < -0.4 is 9.80 Å². The number of nitrogens with zero attached hydrogens (tertiary/aromatic N) is 4. The van der Waals surface area contributed by atoms with E-state index >= 15 is 0 Å². The maximum Gasteiger partial charge on any atom is 0.162 e. The van der Waals surface area contributed by atoms with Gasteiger partial charge in [0.1, 0.15) is 5.82 Å². The number of allylic oxidation sites excluding steroid dienone is 1. The minimum atomic E-state index is 0.700. The molecular weight excluding hydrogens is 550 g/mol. The first-order valence-corrected chi connectivity index (χ1v) is 16.1. The normalized spacial score (nSPS) is 13.6. The van der Waals surface area contributed by atoms with Crippen molar-refractivity contribution in [3.05, 3.63) is 132 Å². The molecule has 0 amide bonds. The van der Waals surface area contributed by atoms with Crippen molar-refractivity contribution in [2.75, 3.05) is 36.0 Å². The van der Waals surface area contributed by atoms with Crippen LogP contribution in [0.4, 0.5) is 17.2 Å². The van der Waals surface area contributed by atoms with Gasteiger partial charge in [-0.3, -0.25) is 0 Å². The Morgan fingerprint density at radius 1 is 0.578 bits per heavy atom. The predicted molar refractivity (Wildman–Crippen MR) is 193 cm³/mol. The Labute approximate surface area is 267 Å². The number of rotatable bonds is 11. The Morgan fingerprint density at radius 3 is 1.62 bits per heavy atom. The molecule has 1 aliphatic rings. The van der Waals surface area contributed by atoms with Crippen LogP contribution in [0.25, 0.3) is 28.0 Å². The summed E-state index contributed by atoms with van der Waals surface area (Å²) < 4.78 is 0. The highest BCUT2D eigenvalue weighted by Crippen LogP contribution is 2.37. The van der Waals surface area contributed by atoms with Gasteiger partial charge >= 0.3 is 0 Å². The maximum absolute atomic E-state index is 5.25. The summed E-state index contributed by atoms with van der Waals surface area (Å²) in [6.45, 7) is 12.7. The highest BCUT2D eigenvalue weighted by molar-refractivity contribution is 6.38. The summed E-state index contributed by atoms with van der Waals surface area (Å²) in [7, 11) is 0. The lowest BCUT2D eigenvalue weighted by molar-refractivity contribution is 0.866. The van der Waals surface area contributed by atoms with Gasteiger partial charge in [0.25, 0.3) is 0 Å². The first kappa shape index (κ1) is 29.9. The van der Waals surface area contributed by atoms with E-state index in [9.17, 15) is 0 Å². The zero-order valence-corrected chi connectivity index (χ0v) is 26.7. The summed E-state index contributed by atoms with van der Waals surface area (Å²) in [6, 6.07) is 40.6. The Bertz CT molecular complexity index is 1800. The smallest absolute Gasteiger partial charge is 0.162 e. The number of aromatic nitrogens is 1. The van der Waals surface area contributed by atoms with Crippen molar-refractivity contribution in [2.24, 2.45) is 9.98 Å². The van der Waals surface area contributed by atoms with E-state index in [1.165, 1.54) is 11.4 Å². The van der Waals surface area contributed by atoms with Gasteiger partial charge in [-0.05, 0) is 80.8 Å². The van der Waals surface area contributed by atoms with Gasteiger partial charge in [-0.1, -0.05) is 84.9 Å². The van der Waals surface area contributed by atoms with Gasteiger partial charge in [0.2, 0.25) is 0 Å². The topological polar surface area (TPSA) is 47.0 Å². The number of hydrogen-bond acceptors (Lipinski definition) is 3. The molecule has 0 bridgehead atoms. The van der Waals surface area contributed by atoms with Gasteiger partial charge in [0.15, 0.2) is 5.84 Å². The second kappa shape index (κ2) is 13.6. The van der Waals surface area contributed by atoms with E-state index in [2.05, 4.69) is 152 Å². The number of benzene rings is 4. The van der Waals surface area contributed by atoms with E-state index in [1.807, 2.05) is 12.1 Å². The molecule has 226 valence electrons. The largest absolute Gasteiger partial charge is 0.372 e. The van der Waals surface area contributed by atoms with Gasteiger partial charge in [-0.25, -0.2) is 9.98 Å². The van der Waals surface area contributed by atoms with Crippen LogP contribution in [-0.4, -0.2) is 42.7 Å². The van der Waals surface area contributed by atoms with Crippen molar-refractivity contribution in [3.63, 3.8) is 0 Å². The maximum atomic E-state index is 5.25. The molecule has 1 aliphatic heterocycles. The Kier molecular flexibility index (Phi) is 9.06. The summed E-state index contributed by atoms with van der Waals surface area (Å²) in [4.78, 5) is 18.7. The molecule has 0 unspecified atom stereocenters. The van der Waals surface area contributed by atoms with Crippen molar-refractivity contribution in [3.8, 4) is 22.4 Å². The zero-order valence-electron chi connectivity index (χ0n) is 26.7. The van der Waals surface area contributed by atoms with E-state index in [4.69, 9.17) is 9.98 Å². The van der Waals surface area contributed by atoms with Crippen molar-refractivity contribution >= 4 is 34.3 Å². The van der Waals surface area contributed by atoms with Crippen LogP contribution in [0.2, 0.25) is 0 Å². The Morgan fingerprint density at radius 2 is 1.09 bits per heavy atom. The summed E-state index contributed by atoms with van der Waals surface area (Å²) >= 11 is 0. The Hall–Kier alpha value is -5.16. The van der Waals surface area contributed by atoms with Crippen LogP contribution >= 0.6 is 0 Å². The lowest BCUT2D eigenvalue weighted by Crippen LogP contribution is -2.21. The summed E-state index contributed by atoms with van der Waals surface area (Å²) in [5.74, 6) is 1.49. The molecule has 0 aliphatic carbocycles. The highest BCUT2D eigenvalue weighted by Gasteiger charge is 2.21. The molecule has 5 nitrogen and oxygen atoms in total. The van der Waals surface area contributed by atoms with Gasteiger partial charge in [-0.2, -0.15) is 0 Å². The fourth-order valence-corrected chi connectivity index (χ4v) is 5.97. The second-order valence-electron chi connectivity index (χ2n) is 11.1. The van der Waals surface area contributed by atoms with Crippen LogP contribution in [0, 0.1) is 0 Å². The fourth-order valence-electron chi connectivity index (χ4n) is 5.97. The minimum absolute atomic E-state index is 0.700. The molecule has 45 heavy (non-hydrogen) atoms. The summed E-state index contributed by atoms with van der Waals surface area (Å²) in [5, 5.41) is 0. The predicted octanol–water partition coefficient (Wildman–Crippen LogP) is 9.66. The number of anilines is 2. The lowest BCUT2D eigenvalue weighted by atomic mass is 10.0. The van der Waals surface area contributed by atoms with Crippen molar-refractivity contribution in [1.82, 2.24) is 4.98 Å². The molecule has 0 fully saturated rings. The molecule has 2 heterocycles. The van der Waals surface area contributed by atoms with E-state index in [0.29, 0.717) is 5.84 Å².